The van der Waals surface area contributed by atoms with Crippen molar-refractivity contribution in [3.8, 4) is 0 Å². The number of rotatable bonds is 0. The molecular weight excluding hydrogens is 204 g/mol. The molecule has 0 aliphatic heterocycles. The minimum atomic E-state index is 0.614. The molecule has 3 rings (SSSR count). The van der Waals surface area contributed by atoms with Crippen LogP contribution in [-0.4, -0.2) is 0 Å². The van der Waals surface area contributed by atoms with E-state index < -0.39 is 0 Å². The highest BCUT2D eigenvalue weighted by Crippen LogP contribution is 2.68. The number of fused-ring (bicyclic) bond motifs is 2. The monoisotopic (exact) mass is 234 g/mol. The van der Waals surface area contributed by atoms with Crippen LogP contribution in [0, 0.1) is 22.2 Å². The average Bonchev–Trinajstić information content (AvgIpc) is 2.71. The Kier molecular flexibility index (Phi) is 2.66. The average molecular weight is 234 g/mol. The van der Waals surface area contributed by atoms with Crippen molar-refractivity contribution in [2.75, 3.05) is 0 Å². The Morgan fingerprint density at radius 2 is 1.35 bits per heavy atom. The van der Waals surface area contributed by atoms with Gasteiger partial charge in [-0.05, 0) is 60.7 Å². The van der Waals surface area contributed by atoms with E-state index in [1.807, 2.05) is 0 Å². The maximum atomic E-state index is 2.68. The lowest BCUT2D eigenvalue weighted by atomic mass is 9.43. The summed E-state index contributed by atoms with van der Waals surface area (Å²) in [7, 11) is 0. The van der Waals surface area contributed by atoms with E-state index in [1.165, 1.54) is 44.9 Å². The van der Waals surface area contributed by atoms with E-state index in [2.05, 4.69) is 20.8 Å². The molecule has 2 atom stereocenters. The van der Waals surface area contributed by atoms with Gasteiger partial charge in [-0.2, -0.15) is 0 Å². The van der Waals surface area contributed by atoms with Crippen LogP contribution in [0.1, 0.15) is 85.0 Å². The number of hydrogen-bond donors (Lipinski definition) is 0. The van der Waals surface area contributed by atoms with Crippen molar-refractivity contribution < 1.29 is 0 Å². The fraction of sp³-hybridized carbons (Fsp3) is 1.00. The SMILES string of the molecule is CC1(C)CCCC2(C)C1CCCC21CCCC1. The van der Waals surface area contributed by atoms with E-state index in [1.54, 1.807) is 19.3 Å². The van der Waals surface area contributed by atoms with Gasteiger partial charge in [-0.3, -0.25) is 0 Å². The Bertz CT molecular complexity index is 295. The van der Waals surface area contributed by atoms with Crippen LogP contribution in [0.25, 0.3) is 0 Å². The molecule has 3 aliphatic rings. The van der Waals surface area contributed by atoms with Gasteiger partial charge in [0.25, 0.3) is 0 Å². The highest BCUT2D eigenvalue weighted by molar-refractivity contribution is 5.09. The smallest absolute Gasteiger partial charge is 0.0236 e. The molecule has 0 bridgehead atoms. The van der Waals surface area contributed by atoms with Gasteiger partial charge in [-0.1, -0.05) is 46.5 Å². The Labute approximate surface area is 108 Å². The second-order valence-electron chi connectivity index (χ2n) is 8.19. The summed E-state index contributed by atoms with van der Waals surface area (Å²) >= 11 is 0. The Hall–Kier alpha value is 0. The van der Waals surface area contributed by atoms with Gasteiger partial charge in [0.15, 0.2) is 0 Å². The number of hydrogen-bond acceptors (Lipinski definition) is 0. The molecule has 0 N–H and O–H groups in total. The van der Waals surface area contributed by atoms with Gasteiger partial charge in [0, 0.05) is 0 Å². The summed E-state index contributed by atoms with van der Waals surface area (Å²) in [6.45, 7) is 7.80. The first kappa shape index (κ1) is 12.1. The summed E-state index contributed by atoms with van der Waals surface area (Å²) in [5, 5.41) is 0. The Morgan fingerprint density at radius 1 is 0.706 bits per heavy atom. The molecule has 0 radical (unpaired) electrons. The predicted molar refractivity (Wildman–Crippen MR) is 74.0 cm³/mol. The quantitative estimate of drug-likeness (QED) is 0.514. The van der Waals surface area contributed by atoms with Crippen LogP contribution in [0.5, 0.6) is 0 Å². The summed E-state index contributed by atoms with van der Waals surface area (Å²) in [6.07, 6.45) is 15.2. The molecule has 98 valence electrons. The molecule has 0 heteroatoms. The summed E-state index contributed by atoms with van der Waals surface area (Å²) in [5.41, 5.74) is 2.06. The van der Waals surface area contributed by atoms with Crippen LogP contribution in [0.4, 0.5) is 0 Å². The van der Waals surface area contributed by atoms with Crippen LogP contribution in [0.3, 0.4) is 0 Å². The molecular formula is C17H30. The molecule has 0 amide bonds. The molecule has 0 heterocycles. The first-order valence-corrected chi connectivity index (χ1v) is 8.00. The first-order chi connectivity index (χ1) is 8.00. The van der Waals surface area contributed by atoms with Crippen molar-refractivity contribution in [1.82, 2.24) is 0 Å². The van der Waals surface area contributed by atoms with Gasteiger partial charge in [0.05, 0.1) is 0 Å². The van der Waals surface area contributed by atoms with Crippen LogP contribution in [0.2, 0.25) is 0 Å². The van der Waals surface area contributed by atoms with Gasteiger partial charge in [-0.15, -0.1) is 0 Å². The maximum Gasteiger partial charge on any atom is -0.0236 e. The molecule has 3 aliphatic carbocycles. The summed E-state index contributed by atoms with van der Waals surface area (Å²) in [6, 6.07) is 0. The molecule has 2 unspecified atom stereocenters. The summed E-state index contributed by atoms with van der Waals surface area (Å²) < 4.78 is 0. The fourth-order valence-electron chi connectivity index (χ4n) is 6.27. The third kappa shape index (κ3) is 1.55. The van der Waals surface area contributed by atoms with Crippen LogP contribution >= 0.6 is 0 Å². The summed E-state index contributed by atoms with van der Waals surface area (Å²) in [4.78, 5) is 0. The van der Waals surface area contributed by atoms with E-state index in [9.17, 15) is 0 Å². The normalized spacial score (nSPS) is 43.6. The lowest BCUT2D eigenvalue weighted by Gasteiger charge is -2.62. The van der Waals surface area contributed by atoms with E-state index >= 15 is 0 Å². The van der Waals surface area contributed by atoms with Gasteiger partial charge in [0.1, 0.15) is 0 Å². The molecule has 1 spiro atoms. The lowest BCUT2D eigenvalue weighted by molar-refractivity contribution is -0.127. The van der Waals surface area contributed by atoms with Crippen LogP contribution in [-0.2, 0) is 0 Å². The second-order valence-corrected chi connectivity index (χ2v) is 8.19. The van der Waals surface area contributed by atoms with E-state index in [0.29, 0.717) is 10.8 Å². The minimum Gasteiger partial charge on any atom is -0.0596 e. The van der Waals surface area contributed by atoms with Crippen molar-refractivity contribution in [1.29, 1.82) is 0 Å². The summed E-state index contributed by atoms with van der Waals surface area (Å²) in [5.74, 6) is 1.01. The Morgan fingerprint density at radius 3 is 2.06 bits per heavy atom. The maximum absolute atomic E-state index is 2.68. The van der Waals surface area contributed by atoms with Crippen molar-refractivity contribution in [3.63, 3.8) is 0 Å². The van der Waals surface area contributed by atoms with Crippen LogP contribution in [0.15, 0.2) is 0 Å². The van der Waals surface area contributed by atoms with Crippen molar-refractivity contribution in [2.24, 2.45) is 22.2 Å². The zero-order valence-electron chi connectivity index (χ0n) is 12.1. The predicted octanol–water partition coefficient (Wildman–Crippen LogP) is 5.56. The molecule has 0 nitrogen and oxygen atoms in total. The van der Waals surface area contributed by atoms with Gasteiger partial charge in [0.2, 0.25) is 0 Å². The zero-order chi connectivity index (χ0) is 12.1. The first-order valence-electron chi connectivity index (χ1n) is 8.00. The van der Waals surface area contributed by atoms with Gasteiger partial charge < -0.3 is 0 Å². The lowest BCUT2D eigenvalue weighted by Crippen LogP contribution is -2.53. The molecule has 0 aromatic rings. The molecule has 0 aromatic heterocycles. The van der Waals surface area contributed by atoms with E-state index in [-0.39, 0.29) is 0 Å². The van der Waals surface area contributed by atoms with Crippen molar-refractivity contribution >= 4 is 0 Å². The molecule has 17 heavy (non-hydrogen) atoms. The largest absolute Gasteiger partial charge is 0.0596 e. The van der Waals surface area contributed by atoms with Gasteiger partial charge in [-0.25, -0.2) is 0 Å². The molecule has 3 fully saturated rings. The fourth-order valence-corrected chi connectivity index (χ4v) is 6.27. The minimum absolute atomic E-state index is 0.614. The standard InChI is InChI=1S/C17H30/c1-15(2)9-7-10-16(3)14(15)8-6-13-17(16)11-4-5-12-17/h14H,4-13H2,1-3H3. The molecule has 0 aromatic carbocycles. The third-order valence-corrected chi connectivity index (χ3v) is 7.15. The van der Waals surface area contributed by atoms with Crippen LogP contribution < -0.4 is 0 Å². The zero-order valence-corrected chi connectivity index (χ0v) is 12.1. The van der Waals surface area contributed by atoms with E-state index in [0.717, 1.165) is 11.3 Å². The highest BCUT2D eigenvalue weighted by atomic mass is 14.6. The molecule has 3 saturated carbocycles. The second kappa shape index (κ2) is 3.75. The van der Waals surface area contributed by atoms with Crippen molar-refractivity contribution in [3.05, 3.63) is 0 Å². The van der Waals surface area contributed by atoms with E-state index in [4.69, 9.17) is 0 Å². The highest BCUT2D eigenvalue weighted by Gasteiger charge is 2.59. The molecule has 0 saturated heterocycles. The van der Waals surface area contributed by atoms with Gasteiger partial charge >= 0.3 is 0 Å². The van der Waals surface area contributed by atoms with Crippen molar-refractivity contribution in [2.45, 2.75) is 85.0 Å². The third-order valence-electron chi connectivity index (χ3n) is 7.15. The topological polar surface area (TPSA) is 0 Å². The Balaban J connectivity index is 1.99.